The molecule has 0 aromatic carbocycles. The molecular weight excluding hydrogens is 222 g/mol. The van der Waals surface area contributed by atoms with Crippen molar-refractivity contribution in [2.45, 2.75) is 30.5 Å². The number of H-pyrrole nitrogens is 1. The van der Waals surface area contributed by atoms with E-state index in [9.17, 15) is 0 Å². The first-order chi connectivity index (χ1) is 7.49. The Labute approximate surface area is 98.5 Å². The molecule has 0 amide bonds. The smallest absolute Gasteiger partial charge is 0.225 e. The normalized spacial score (nSPS) is 12.0. The number of nitrogens with zero attached hydrogens (tertiary/aromatic N) is 3. The van der Waals surface area contributed by atoms with Crippen LogP contribution in [0.1, 0.15) is 20.8 Å². The Morgan fingerprint density at radius 1 is 1.31 bits per heavy atom. The molecule has 16 heavy (non-hydrogen) atoms. The second-order valence-corrected chi connectivity index (χ2v) is 6.23. The highest BCUT2D eigenvalue weighted by Gasteiger charge is 2.17. The summed E-state index contributed by atoms with van der Waals surface area (Å²) in [5.74, 6) is 0.603. The zero-order chi connectivity index (χ0) is 11.8. The minimum absolute atomic E-state index is 0.109. The van der Waals surface area contributed by atoms with Crippen molar-refractivity contribution in [3.05, 3.63) is 6.33 Å². The molecule has 0 aliphatic heterocycles. The van der Waals surface area contributed by atoms with Gasteiger partial charge in [0, 0.05) is 11.8 Å². The Balaban J connectivity index is 2.52. The van der Waals surface area contributed by atoms with E-state index in [4.69, 9.17) is 0 Å². The fourth-order valence-corrected chi connectivity index (χ4v) is 2.25. The van der Waals surface area contributed by atoms with Crippen LogP contribution in [0.4, 0.5) is 5.95 Å². The van der Waals surface area contributed by atoms with Crippen molar-refractivity contribution in [2.24, 2.45) is 0 Å². The van der Waals surface area contributed by atoms with Crippen LogP contribution in [0.5, 0.6) is 0 Å². The average Bonchev–Trinajstić information content (AvgIpc) is 2.63. The van der Waals surface area contributed by atoms with Crippen molar-refractivity contribution in [1.82, 2.24) is 19.9 Å². The Hall–Kier alpha value is -1.30. The van der Waals surface area contributed by atoms with Crippen LogP contribution in [0, 0.1) is 0 Å². The molecule has 0 saturated carbocycles. The summed E-state index contributed by atoms with van der Waals surface area (Å²) in [4.78, 5) is 15.9. The van der Waals surface area contributed by atoms with E-state index in [1.54, 1.807) is 25.1 Å². The Morgan fingerprint density at radius 2 is 2.06 bits per heavy atom. The number of hydrogen-bond donors (Lipinski definition) is 2. The van der Waals surface area contributed by atoms with Crippen molar-refractivity contribution < 1.29 is 0 Å². The van der Waals surface area contributed by atoms with Gasteiger partial charge in [0.25, 0.3) is 0 Å². The number of aromatic nitrogens is 4. The molecule has 0 bridgehead atoms. The van der Waals surface area contributed by atoms with Crippen LogP contribution in [-0.4, -0.2) is 31.7 Å². The molecule has 2 N–H and O–H groups in total. The topological polar surface area (TPSA) is 66.5 Å². The number of anilines is 1. The zero-order valence-corrected chi connectivity index (χ0v) is 10.6. The molecule has 86 valence electrons. The fourth-order valence-electron chi connectivity index (χ4n) is 1.28. The van der Waals surface area contributed by atoms with E-state index in [1.165, 1.54) is 0 Å². The van der Waals surface area contributed by atoms with E-state index >= 15 is 0 Å². The predicted molar refractivity (Wildman–Crippen MR) is 66.8 cm³/mol. The summed E-state index contributed by atoms with van der Waals surface area (Å²) in [5.41, 5.74) is 1.60. The standard InChI is InChI=1S/C10H15N5S/c1-10(2,3)16-8-6-7(13-5-12-6)14-9(11-4)15-8/h5H,1-4H3,(H2,11,12,13,14,15). The first-order valence-corrected chi connectivity index (χ1v) is 5.89. The van der Waals surface area contributed by atoms with Crippen molar-refractivity contribution >= 4 is 28.9 Å². The number of aromatic amines is 1. The van der Waals surface area contributed by atoms with Gasteiger partial charge in [0.1, 0.15) is 10.5 Å². The van der Waals surface area contributed by atoms with Crippen LogP contribution in [0.15, 0.2) is 11.4 Å². The van der Waals surface area contributed by atoms with Crippen LogP contribution in [0.2, 0.25) is 0 Å². The number of rotatable bonds is 2. The number of hydrogen-bond acceptors (Lipinski definition) is 5. The lowest BCUT2D eigenvalue weighted by atomic mass is 10.3. The highest BCUT2D eigenvalue weighted by molar-refractivity contribution is 8.00. The van der Waals surface area contributed by atoms with Gasteiger partial charge in [-0.3, -0.25) is 0 Å². The molecular formula is C10H15N5S. The molecule has 0 fully saturated rings. The van der Waals surface area contributed by atoms with Gasteiger partial charge in [-0.2, -0.15) is 4.98 Å². The third-order valence-corrected chi connectivity index (χ3v) is 2.98. The minimum atomic E-state index is 0.109. The summed E-state index contributed by atoms with van der Waals surface area (Å²) < 4.78 is 0.109. The molecule has 2 aromatic heterocycles. The summed E-state index contributed by atoms with van der Waals surface area (Å²) in [5, 5.41) is 3.88. The maximum absolute atomic E-state index is 4.45. The Bertz CT molecular complexity index is 499. The SMILES string of the molecule is CNc1nc(SC(C)(C)C)c2[nH]cnc2n1. The largest absolute Gasteiger partial charge is 0.357 e. The van der Waals surface area contributed by atoms with E-state index in [0.717, 1.165) is 10.5 Å². The van der Waals surface area contributed by atoms with E-state index in [0.29, 0.717) is 11.6 Å². The molecule has 0 saturated heterocycles. The summed E-state index contributed by atoms with van der Waals surface area (Å²) in [6.07, 6.45) is 1.64. The molecule has 0 aliphatic rings. The lowest BCUT2D eigenvalue weighted by Gasteiger charge is -2.17. The van der Waals surface area contributed by atoms with Gasteiger partial charge >= 0.3 is 0 Å². The van der Waals surface area contributed by atoms with Crippen molar-refractivity contribution in [1.29, 1.82) is 0 Å². The van der Waals surface area contributed by atoms with E-state index in [1.807, 2.05) is 0 Å². The van der Waals surface area contributed by atoms with Crippen LogP contribution >= 0.6 is 11.8 Å². The Kier molecular flexibility index (Phi) is 2.75. The molecule has 0 radical (unpaired) electrons. The van der Waals surface area contributed by atoms with Crippen molar-refractivity contribution in [3.63, 3.8) is 0 Å². The van der Waals surface area contributed by atoms with E-state index in [-0.39, 0.29) is 4.75 Å². The minimum Gasteiger partial charge on any atom is -0.357 e. The monoisotopic (exact) mass is 237 g/mol. The Morgan fingerprint density at radius 3 is 2.69 bits per heavy atom. The quantitative estimate of drug-likeness (QED) is 0.619. The summed E-state index contributed by atoms with van der Waals surface area (Å²) in [6.45, 7) is 6.46. The second-order valence-electron chi connectivity index (χ2n) is 4.42. The highest BCUT2D eigenvalue weighted by Crippen LogP contribution is 2.34. The number of imidazole rings is 1. The van der Waals surface area contributed by atoms with Crippen LogP contribution in [0.25, 0.3) is 11.2 Å². The fraction of sp³-hybridized carbons (Fsp3) is 0.500. The zero-order valence-electron chi connectivity index (χ0n) is 9.83. The van der Waals surface area contributed by atoms with Gasteiger partial charge < -0.3 is 10.3 Å². The van der Waals surface area contributed by atoms with Gasteiger partial charge in [-0.25, -0.2) is 9.97 Å². The van der Waals surface area contributed by atoms with Gasteiger partial charge in [-0.1, -0.05) is 32.5 Å². The molecule has 2 rings (SSSR count). The molecule has 0 aliphatic carbocycles. The molecule has 0 unspecified atom stereocenters. The summed E-state index contributed by atoms with van der Waals surface area (Å²) >= 11 is 1.70. The molecule has 6 heteroatoms. The van der Waals surface area contributed by atoms with Gasteiger partial charge in [-0.15, -0.1) is 0 Å². The first kappa shape index (κ1) is 11.2. The van der Waals surface area contributed by atoms with Gasteiger partial charge in [0.15, 0.2) is 5.65 Å². The van der Waals surface area contributed by atoms with Crippen molar-refractivity contribution in [3.8, 4) is 0 Å². The summed E-state index contributed by atoms with van der Waals surface area (Å²) in [7, 11) is 1.80. The van der Waals surface area contributed by atoms with Crippen LogP contribution in [-0.2, 0) is 0 Å². The number of thioether (sulfide) groups is 1. The second kappa shape index (κ2) is 3.93. The van der Waals surface area contributed by atoms with Crippen molar-refractivity contribution in [2.75, 3.05) is 12.4 Å². The summed E-state index contributed by atoms with van der Waals surface area (Å²) in [6, 6.07) is 0. The number of fused-ring (bicyclic) bond motifs is 1. The van der Waals surface area contributed by atoms with Gasteiger partial charge in [0.2, 0.25) is 5.95 Å². The van der Waals surface area contributed by atoms with Gasteiger partial charge in [-0.05, 0) is 0 Å². The molecule has 5 nitrogen and oxygen atoms in total. The molecule has 2 heterocycles. The molecule has 0 atom stereocenters. The predicted octanol–water partition coefficient (Wildman–Crippen LogP) is 2.29. The average molecular weight is 237 g/mol. The van der Waals surface area contributed by atoms with Crippen LogP contribution in [0.3, 0.4) is 0 Å². The third-order valence-electron chi connectivity index (χ3n) is 1.88. The van der Waals surface area contributed by atoms with E-state index in [2.05, 4.69) is 46.0 Å². The maximum Gasteiger partial charge on any atom is 0.225 e. The van der Waals surface area contributed by atoms with Gasteiger partial charge in [0.05, 0.1) is 6.33 Å². The first-order valence-electron chi connectivity index (χ1n) is 5.07. The maximum atomic E-state index is 4.45. The third kappa shape index (κ3) is 2.27. The van der Waals surface area contributed by atoms with E-state index < -0.39 is 0 Å². The molecule has 0 spiro atoms. The number of nitrogens with one attached hydrogen (secondary N) is 2. The van der Waals surface area contributed by atoms with Crippen LogP contribution < -0.4 is 5.32 Å². The lowest BCUT2D eigenvalue weighted by molar-refractivity contribution is 0.800. The lowest BCUT2D eigenvalue weighted by Crippen LogP contribution is -2.08. The highest BCUT2D eigenvalue weighted by atomic mass is 32.2. The molecule has 2 aromatic rings.